The van der Waals surface area contributed by atoms with Crippen LogP contribution in [-0.4, -0.2) is 41.8 Å². The molecule has 178 valence electrons. The number of hydrogen-bond donors (Lipinski definition) is 3. The van der Waals surface area contributed by atoms with Crippen LogP contribution in [0.15, 0.2) is 60.7 Å². The normalized spacial score (nSPS) is 19.7. The molecule has 0 bridgehead atoms. The minimum atomic E-state index is -1.07. The van der Waals surface area contributed by atoms with Crippen LogP contribution in [-0.2, 0) is 14.3 Å². The predicted molar refractivity (Wildman–Crippen MR) is 128 cm³/mol. The first kappa shape index (κ1) is 23.5. The molecule has 0 saturated carbocycles. The van der Waals surface area contributed by atoms with E-state index in [1.165, 1.54) is 0 Å². The Morgan fingerprint density at radius 3 is 2.15 bits per heavy atom. The fourth-order valence-electron chi connectivity index (χ4n) is 4.69. The number of fused-ring (bicyclic) bond motifs is 3. The molecule has 0 heterocycles. The molecule has 7 nitrogen and oxygen atoms in total. The van der Waals surface area contributed by atoms with Crippen molar-refractivity contribution in [2.75, 3.05) is 6.61 Å². The number of amides is 2. The van der Waals surface area contributed by atoms with Gasteiger partial charge < -0.3 is 20.5 Å². The first-order valence-corrected chi connectivity index (χ1v) is 11.5. The van der Waals surface area contributed by atoms with Crippen LogP contribution >= 0.6 is 0 Å². The average molecular weight is 463 g/mol. The van der Waals surface area contributed by atoms with Crippen LogP contribution in [0.1, 0.15) is 44.2 Å². The van der Waals surface area contributed by atoms with E-state index >= 15 is 0 Å². The Kier molecular flexibility index (Phi) is 6.46. The van der Waals surface area contributed by atoms with Crippen molar-refractivity contribution in [1.82, 2.24) is 10.6 Å². The van der Waals surface area contributed by atoms with Crippen LogP contribution in [0.5, 0.6) is 0 Å². The highest BCUT2D eigenvalue weighted by Crippen LogP contribution is 2.44. The number of carboxylic acids is 1. The van der Waals surface area contributed by atoms with E-state index < -0.39 is 29.4 Å². The van der Waals surface area contributed by atoms with Crippen molar-refractivity contribution in [3.8, 4) is 11.1 Å². The van der Waals surface area contributed by atoms with Gasteiger partial charge in [-0.15, -0.1) is 0 Å². The molecule has 3 N–H and O–H groups in total. The molecule has 2 unspecified atom stereocenters. The second-order valence-corrected chi connectivity index (χ2v) is 9.95. The monoisotopic (exact) mass is 462 g/mol. The van der Waals surface area contributed by atoms with Gasteiger partial charge in [-0.25, -0.2) is 9.59 Å². The Hall–Kier alpha value is -3.61. The van der Waals surface area contributed by atoms with E-state index in [0.29, 0.717) is 6.42 Å². The van der Waals surface area contributed by atoms with Gasteiger partial charge in [0.25, 0.3) is 0 Å². The lowest BCUT2D eigenvalue weighted by molar-refractivity contribution is -0.145. The van der Waals surface area contributed by atoms with E-state index in [2.05, 4.69) is 34.9 Å². The molecule has 0 spiro atoms. The van der Waals surface area contributed by atoms with E-state index in [9.17, 15) is 19.5 Å². The maximum absolute atomic E-state index is 12.6. The van der Waals surface area contributed by atoms with Gasteiger partial charge in [-0.2, -0.15) is 0 Å². The predicted octanol–water partition coefficient (Wildman–Crippen LogP) is 4.09. The Morgan fingerprint density at radius 2 is 1.59 bits per heavy atom. The summed E-state index contributed by atoms with van der Waals surface area (Å²) in [5.74, 6) is -1.98. The summed E-state index contributed by atoms with van der Waals surface area (Å²) < 4.78 is 5.58. The third-order valence-electron chi connectivity index (χ3n) is 6.47. The molecule has 7 heteroatoms. The van der Waals surface area contributed by atoms with Crippen molar-refractivity contribution in [2.24, 2.45) is 11.3 Å². The summed E-state index contributed by atoms with van der Waals surface area (Å²) in [5, 5.41) is 14.9. The largest absolute Gasteiger partial charge is 0.480 e. The highest BCUT2D eigenvalue weighted by Gasteiger charge is 2.35. The maximum atomic E-state index is 12.6. The van der Waals surface area contributed by atoms with E-state index in [-0.39, 0.29) is 24.5 Å². The topological polar surface area (TPSA) is 105 Å². The fourth-order valence-corrected chi connectivity index (χ4v) is 4.69. The molecule has 2 aromatic rings. The highest BCUT2D eigenvalue weighted by atomic mass is 16.5. The summed E-state index contributed by atoms with van der Waals surface area (Å²) in [6.45, 7) is 5.50. The van der Waals surface area contributed by atoms with Gasteiger partial charge in [0.2, 0.25) is 5.91 Å². The molecule has 4 rings (SSSR count). The quantitative estimate of drug-likeness (QED) is 0.561. The van der Waals surface area contributed by atoms with Crippen molar-refractivity contribution >= 4 is 18.0 Å². The summed E-state index contributed by atoms with van der Waals surface area (Å²) in [5.41, 5.74) is 3.98. The number of rotatable bonds is 6. The van der Waals surface area contributed by atoms with Crippen molar-refractivity contribution in [3.05, 3.63) is 71.8 Å². The molecule has 0 saturated heterocycles. The van der Waals surface area contributed by atoms with Crippen molar-refractivity contribution in [1.29, 1.82) is 0 Å². The Morgan fingerprint density at radius 1 is 1.00 bits per heavy atom. The van der Waals surface area contributed by atoms with Gasteiger partial charge in [-0.1, -0.05) is 81.5 Å². The zero-order valence-electron chi connectivity index (χ0n) is 19.6. The number of carbonyl (C=O) groups excluding carboxylic acids is 2. The Balaban J connectivity index is 1.31. The van der Waals surface area contributed by atoms with Crippen LogP contribution in [0.4, 0.5) is 4.79 Å². The van der Waals surface area contributed by atoms with Crippen molar-refractivity contribution < 1.29 is 24.2 Å². The molecule has 2 aliphatic rings. The van der Waals surface area contributed by atoms with Gasteiger partial charge in [0, 0.05) is 5.92 Å². The first-order valence-electron chi connectivity index (χ1n) is 11.5. The molecule has 0 aliphatic heterocycles. The molecular weight excluding hydrogens is 432 g/mol. The first-order chi connectivity index (χ1) is 16.1. The number of hydrogen-bond acceptors (Lipinski definition) is 4. The molecule has 0 aromatic heterocycles. The molecule has 0 fully saturated rings. The summed E-state index contributed by atoms with van der Waals surface area (Å²) >= 11 is 0. The van der Waals surface area contributed by atoms with E-state index in [0.717, 1.165) is 22.3 Å². The van der Waals surface area contributed by atoms with Crippen LogP contribution in [0.3, 0.4) is 0 Å². The standard InChI is InChI=1S/C27H30N2O5/c1-27(2,3)23(25(31)32)29-24(30)16-12-13-17(14-16)28-26(33)34-15-22-20-10-6-4-8-18(20)19-9-5-7-11-21(19)22/h4-13,16-17,22-23H,14-15H2,1-3H3,(H,28,33)(H,29,30)(H,31,32)/t16?,17?,23-/m0/s1. The van der Waals surface area contributed by atoms with Gasteiger partial charge in [-0.05, 0) is 34.1 Å². The van der Waals surface area contributed by atoms with Crippen molar-refractivity contribution in [3.63, 3.8) is 0 Å². The minimum absolute atomic E-state index is 0.0267. The third kappa shape index (κ3) is 4.83. The number of aliphatic carboxylic acids is 1. The summed E-state index contributed by atoms with van der Waals surface area (Å²) in [4.78, 5) is 36.6. The molecule has 34 heavy (non-hydrogen) atoms. The fraction of sp³-hybridized carbons (Fsp3) is 0.370. The number of carbonyl (C=O) groups is 3. The number of ether oxygens (including phenoxy) is 1. The SMILES string of the molecule is CC(C)(C)[C@@H](NC(=O)C1C=CC(NC(=O)OCC2c3ccccc3-c3ccccc32)C1)C(=O)O. The van der Waals surface area contributed by atoms with Gasteiger partial charge in [0.1, 0.15) is 12.6 Å². The Labute approximate surface area is 199 Å². The zero-order valence-corrected chi connectivity index (χ0v) is 19.6. The number of benzene rings is 2. The Bertz CT molecular complexity index is 1090. The molecule has 2 aromatic carbocycles. The summed E-state index contributed by atoms with van der Waals surface area (Å²) in [6, 6.07) is 14.9. The highest BCUT2D eigenvalue weighted by molar-refractivity contribution is 5.87. The summed E-state index contributed by atoms with van der Waals surface area (Å²) in [6.07, 6.45) is 3.26. The summed E-state index contributed by atoms with van der Waals surface area (Å²) in [7, 11) is 0. The maximum Gasteiger partial charge on any atom is 0.407 e. The number of carboxylic acid groups (broad SMARTS) is 1. The lowest BCUT2D eigenvalue weighted by atomic mass is 9.86. The van der Waals surface area contributed by atoms with Gasteiger partial charge in [-0.3, -0.25) is 4.79 Å². The number of nitrogens with one attached hydrogen (secondary N) is 2. The van der Waals surface area contributed by atoms with Gasteiger partial charge in [0.05, 0.1) is 12.0 Å². The van der Waals surface area contributed by atoms with E-state index in [4.69, 9.17) is 4.74 Å². The number of alkyl carbamates (subject to hydrolysis) is 1. The van der Waals surface area contributed by atoms with Crippen LogP contribution in [0, 0.1) is 11.3 Å². The minimum Gasteiger partial charge on any atom is -0.480 e. The van der Waals surface area contributed by atoms with Crippen molar-refractivity contribution in [2.45, 2.75) is 45.2 Å². The molecule has 2 amide bonds. The van der Waals surface area contributed by atoms with Gasteiger partial charge >= 0.3 is 12.1 Å². The molecule has 3 atom stereocenters. The van der Waals surface area contributed by atoms with Crippen LogP contribution < -0.4 is 10.6 Å². The van der Waals surface area contributed by atoms with E-state index in [1.54, 1.807) is 32.9 Å². The molecular formula is C27H30N2O5. The smallest absolute Gasteiger partial charge is 0.407 e. The molecule has 0 radical (unpaired) electrons. The van der Waals surface area contributed by atoms with Crippen LogP contribution in [0.25, 0.3) is 11.1 Å². The second kappa shape index (κ2) is 9.33. The zero-order chi connectivity index (χ0) is 24.5. The van der Waals surface area contributed by atoms with Crippen LogP contribution in [0.2, 0.25) is 0 Å². The van der Waals surface area contributed by atoms with E-state index in [1.807, 2.05) is 24.3 Å². The lowest BCUT2D eigenvalue weighted by Crippen LogP contribution is -2.50. The molecule has 2 aliphatic carbocycles. The average Bonchev–Trinajstić information content (AvgIpc) is 3.37. The second-order valence-electron chi connectivity index (χ2n) is 9.95. The lowest BCUT2D eigenvalue weighted by Gasteiger charge is -2.28. The third-order valence-corrected chi connectivity index (χ3v) is 6.47. The van der Waals surface area contributed by atoms with Gasteiger partial charge in [0.15, 0.2) is 0 Å².